The molecule has 1 aromatic carbocycles. The summed E-state index contributed by atoms with van der Waals surface area (Å²) in [7, 11) is 0. The molecule has 2 saturated heterocycles. The number of quaternary nitrogens is 1. The normalized spacial score (nSPS) is 24.5. The van der Waals surface area contributed by atoms with Gasteiger partial charge in [-0.1, -0.05) is 44.2 Å². The van der Waals surface area contributed by atoms with Crippen LogP contribution >= 0.6 is 0 Å². The molecule has 3 heterocycles. The van der Waals surface area contributed by atoms with Crippen molar-refractivity contribution < 1.29 is 20.2 Å². The Hall–Kier alpha value is -3.20. The summed E-state index contributed by atoms with van der Waals surface area (Å²) in [5, 5.41) is 4.35. The second-order valence-corrected chi connectivity index (χ2v) is 10.5. The zero-order valence-corrected chi connectivity index (χ0v) is 19.2. The van der Waals surface area contributed by atoms with Gasteiger partial charge < -0.3 is 9.80 Å². The number of likely N-dealkylation sites (tertiary alicyclic amines) is 2. The Morgan fingerprint density at radius 1 is 1.09 bits per heavy atom. The van der Waals surface area contributed by atoms with E-state index in [0.29, 0.717) is 38.3 Å². The van der Waals surface area contributed by atoms with Crippen molar-refractivity contribution in [1.29, 1.82) is 0 Å². The highest BCUT2D eigenvalue weighted by molar-refractivity contribution is 5.95. The van der Waals surface area contributed by atoms with E-state index in [2.05, 4.69) is 30.2 Å². The molecule has 3 amide bonds. The maximum Gasteiger partial charge on any atom is 0.270 e. The van der Waals surface area contributed by atoms with Gasteiger partial charge in [0.1, 0.15) is 0 Å². The van der Waals surface area contributed by atoms with Crippen LogP contribution in [0.2, 0.25) is 0 Å². The molecule has 1 spiro atoms. The molecular formula is C24H31N6O3+. The van der Waals surface area contributed by atoms with Gasteiger partial charge in [-0.2, -0.15) is 5.10 Å². The number of carbonyl (C=O) groups excluding carboxylic acids is 3. The Bertz CT molecular complexity index is 1090. The summed E-state index contributed by atoms with van der Waals surface area (Å²) >= 11 is 0. The van der Waals surface area contributed by atoms with Crippen LogP contribution in [0.1, 0.15) is 36.2 Å². The summed E-state index contributed by atoms with van der Waals surface area (Å²) in [5.74, 6) is 3.09. The average Bonchev–Trinajstić information content (AvgIpc) is 3.13. The van der Waals surface area contributed by atoms with E-state index in [9.17, 15) is 14.4 Å². The lowest BCUT2D eigenvalue weighted by molar-refractivity contribution is -0.428. The minimum Gasteiger partial charge on any atom is -0.341 e. The average molecular weight is 452 g/mol. The Labute approximate surface area is 192 Å². The van der Waals surface area contributed by atoms with E-state index in [1.54, 1.807) is 22.0 Å². The molecule has 1 saturated carbocycles. The number of amides is 3. The molecule has 1 aromatic heterocycles. The minimum absolute atomic E-state index is 0.0710. The number of aromatic nitrogens is 2. The predicted molar refractivity (Wildman–Crippen MR) is 119 cm³/mol. The highest BCUT2D eigenvalue weighted by atomic mass is 16.2. The lowest BCUT2D eigenvalue weighted by atomic mass is 9.71. The van der Waals surface area contributed by atoms with Crippen LogP contribution in [0, 0.1) is 22.7 Å². The minimum atomic E-state index is -0.411. The molecule has 5 rings (SSSR count). The fourth-order valence-electron chi connectivity index (χ4n) is 5.42. The van der Waals surface area contributed by atoms with Crippen LogP contribution in [0.15, 0.2) is 42.7 Å². The van der Waals surface area contributed by atoms with Gasteiger partial charge >= 0.3 is 0 Å². The van der Waals surface area contributed by atoms with Gasteiger partial charge in [-0.15, -0.1) is 0 Å². The lowest BCUT2D eigenvalue weighted by Gasteiger charge is -2.50. The van der Waals surface area contributed by atoms with Crippen molar-refractivity contribution in [2.45, 2.75) is 26.8 Å². The molecule has 9 heteroatoms. The highest BCUT2D eigenvalue weighted by Crippen LogP contribution is 2.54. The van der Waals surface area contributed by atoms with Crippen LogP contribution in [0.5, 0.6) is 0 Å². The van der Waals surface area contributed by atoms with Crippen LogP contribution in [0.4, 0.5) is 0 Å². The smallest absolute Gasteiger partial charge is 0.270 e. The third-order valence-electron chi connectivity index (χ3n) is 7.63. The van der Waals surface area contributed by atoms with Gasteiger partial charge in [-0.25, -0.2) is 5.43 Å². The van der Waals surface area contributed by atoms with Crippen LogP contribution in [0.25, 0.3) is 0 Å². The zero-order chi connectivity index (χ0) is 23.4. The highest BCUT2D eigenvalue weighted by Gasteiger charge is 2.62. The molecule has 2 aliphatic heterocycles. The summed E-state index contributed by atoms with van der Waals surface area (Å²) in [6.07, 6.45) is 4.25. The zero-order valence-electron chi connectivity index (χ0n) is 19.2. The Kier molecular flexibility index (Phi) is 5.04. The molecule has 1 aliphatic carbocycles. The molecule has 2 atom stereocenters. The second-order valence-electron chi connectivity index (χ2n) is 10.5. The van der Waals surface area contributed by atoms with Gasteiger partial charge in [0, 0.05) is 43.7 Å². The number of nitrogens with one attached hydrogen (secondary N) is 1. The molecule has 2 aromatic rings. The summed E-state index contributed by atoms with van der Waals surface area (Å²) in [6.45, 7) is 6.59. The van der Waals surface area contributed by atoms with Crippen molar-refractivity contribution in [2.75, 3.05) is 26.2 Å². The third kappa shape index (κ3) is 3.80. The molecule has 1 unspecified atom stereocenters. The number of carbonyl (C=O) groups is 3. The summed E-state index contributed by atoms with van der Waals surface area (Å²) < 4.78 is 1.75. The van der Waals surface area contributed by atoms with Crippen molar-refractivity contribution in [1.82, 2.24) is 25.0 Å². The van der Waals surface area contributed by atoms with E-state index in [4.69, 9.17) is 0 Å². The molecular weight excluding hydrogens is 420 g/mol. The van der Waals surface area contributed by atoms with E-state index in [1.165, 1.54) is 0 Å². The Balaban J connectivity index is 1.27. The van der Waals surface area contributed by atoms with Crippen LogP contribution in [-0.4, -0.2) is 63.5 Å². The quantitative estimate of drug-likeness (QED) is 0.630. The van der Waals surface area contributed by atoms with Gasteiger partial charge in [0.15, 0.2) is 0 Å². The first-order valence-corrected chi connectivity index (χ1v) is 11.4. The van der Waals surface area contributed by atoms with Crippen molar-refractivity contribution in [3.63, 3.8) is 0 Å². The number of hydrogen-bond donors (Lipinski definition) is 2. The van der Waals surface area contributed by atoms with Crippen LogP contribution in [-0.2, 0) is 16.1 Å². The topological polar surface area (TPSA) is 115 Å². The number of hydrogen-bond acceptors (Lipinski definition) is 4. The van der Waals surface area contributed by atoms with E-state index in [1.807, 2.05) is 35.2 Å². The van der Waals surface area contributed by atoms with E-state index in [-0.39, 0.29) is 35.0 Å². The maximum absolute atomic E-state index is 13.3. The van der Waals surface area contributed by atoms with Crippen molar-refractivity contribution in [2.24, 2.45) is 22.7 Å². The summed E-state index contributed by atoms with van der Waals surface area (Å²) in [5.41, 5.74) is 3.77. The summed E-state index contributed by atoms with van der Waals surface area (Å²) in [4.78, 5) is 42.3. The molecule has 0 radical (unpaired) electrons. The van der Waals surface area contributed by atoms with E-state index in [0.717, 1.165) is 12.0 Å². The molecule has 3 aliphatic rings. The molecule has 3 fully saturated rings. The molecule has 4 N–H and O–H groups in total. The SMILES string of the molecule is CC1(C)CC1C(=O)N1CC2(CN(C(=O)c3cnn(Cc4ccccc4)c3)C[C@H]2C(=O)N[NH3+])C1. The van der Waals surface area contributed by atoms with Crippen LogP contribution in [0.3, 0.4) is 0 Å². The third-order valence-corrected chi connectivity index (χ3v) is 7.63. The fourth-order valence-corrected chi connectivity index (χ4v) is 5.42. The number of benzene rings is 1. The summed E-state index contributed by atoms with van der Waals surface area (Å²) in [6, 6.07) is 9.94. The van der Waals surface area contributed by atoms with Gasteiger partial charge in [-0.3, -0.25) is 24.9 Å². The molecule has 9 nitrogen and oxygen atoms in total. The van der Waals surface area contributed by atoms with Gasteiger partial charge in [0.2, 0.25) is 5.91 Å². The molecule has 0 bridgehead atoms. The monoisotopic (exact) mass is 451 g/mol. The van der Waals surface area contributed by atoms with Gasteiger partial charge in [-0.05, 0) is 17.4 Å². The van der Waals surface area contributed by atoms with Gasteiger partial charge in [0.05, 0.1) is 24.2 Å². The Morgan fingerprint density at radius 2 is 1.76 bits per heavy atom. The van der Waals surface area contributed by atoms with E-state index < -0.39 is 5.41 Å². The fraction of sp³-hybridized carbons (Fsp3) is 0.500. The van der Waals surface area contributed by atoms with Gasteiger partial charge in [0.25, 0.3) is 11.8 Å². The molecule has 174 valence electrons. The van der Waals surface area contributed by atoms with Crippen molar-refractivity contribution in [3.8, 4) is 0 Å². The first-order valence-electron chi connectivity index (χ1n) is 11.4. The van der Waals surface area contributed by atoms with Crippen LogP contribution < -0.4 is 11.3 Å². The predicted octanol–water partition coefficient (Wildman–Crippen LogP) is 0.151. The van der Waals surface area contributed by atoms with Crippen molar-refractivity contribution in [3.05, 3.63) is 53.9 Å². The standard InChI is InChI=1S/C24H30N6O3/c1-23(2)8-18(23)22(33)29-14-24(15-29)13-28(12-19(24)20(31)27-25)21(32)17-9-26-30(11-17)10-16-6-4-3-5-7-16/h3-7,9,11,18-19H,8,10,12-15,25H2,1-2H3,(H,27,31)/p+1/t18?,19-/m0/s1. The number of nitrogens with zero attached hydrogens (tertiary/aromatic N) is 4. The Morgan fingerprint density at radius 3 is 2.39 bits per heavy atom. The first kappa shape index (κ1) is 21.6. The number of rotatable bonds is 5. The van der Waals surface area contributed by atoms with E-state index >= 15 is 0 Å². The maximum atomic E-state index is 13.3. The van der Waals surface area contributed by atoms with Crippen molar-refractivity contribution >= 4 is 17.7 Å². The second kappa shape index (κ2) is 7.69. The molecule has 33 heavy (non-hydrogen) atoms. The lowest BCUT2D eigenvalue weighted by Crippen LogP contribution is -2.72. The first-order chi connectivity index (χ1) is 15.7. The largest absolute Gasteiger partial charge is 0.341 e.